The van der Waals surface area contributed by atoms with Crippen LogP contribution in [0, 0.1) is 6.42 Å². The summed E-state index contributed by atoms with van der Waals surface area (Å²) in [6.07, 6.45) is 4.34. The van der Waals surface area contributed by atoms with Crippen molar-refractivity contribution in [2.45, 2.75) is 46.1 Å². The minimum Gasteiger partial charge on any atom is -0.462 e. The molecule has 0 bridgehead atoms. The van der Waals surface area contributed by atoms with E-state index in [0.29, 0.717) is 6.42 Å². The van der Waals surface area contributed by atoms with Gasteiger partial charge in [-0.25, -0.2) is 0 Å². The predicted octanol–water partition coefficient (Wildman–Crippen LogP) is 2.33. The van der Waals surface area contributed by atoms with Crippen LogP contribution in [0.1, 0.15) is 40.0 Å². The highest BCUT2D eigenvalue weighted by Crippen LogP contribution is 2.01. The molecular weight excluding hydrogens is 140 g/mol. The lowest BCUT2D eigenvalue weighted by Gasteiger charge is -2.09. The third-order valence-electron chi connectivity index (χ3n) is 1.52. The molecule has 0 spiro atoms. The molecule has 0 aromatic heterocycles. The van der Waals surface area contributed by atoms with Crippen LogP contribution in [0.15, 0.2) is 0 Å². The van der Waals surface area contributed by atoms with Crippen molar-refractivity contribution in [3.8, 4) is 0 Å². The Hall–Kier alpha value is -0.530. The maximum absolute atomic E-state index is 10.9. The molecule has 1 atom stereocenters. The van der Waals surface area contributed by atoms with Gasteiger partial charge in [-0.3, -0.25) is 4.79 Å². The number of hydrogen-bond acceptors (Lipinski definition) is 2. The maximum Gasteiger partial charge on any atom is 0.306 e. The van der Waals surface area contributed by atoms with Crippen LogP contribution in [0.4, 0.5) is 0 Å². The minimum atomic E-state index is -0.0857. The lowest BCUT2D eigenvalue weighted by molar-refractivity contribution is -0.146. The van der Waals surface area contributed by atoms with E-state index in [0.717, 1.165) is 12.8 Å². The second-order valence-electron chi connectivity index (χ2n) is 2.63. The molecule has 0 aromatic rings. The van der Waals surface area contributed by atoms with Gasteiger partial charge in [0.05, 0.1) is 0 Å². The molecule has 1 radical (unpaired) electrons. The lowest BCUT2D eigenvalue weighted by atomic mass is 10.2. The molecule has 0 heterocycles. The van der Waals surface area contributed by atoms with E-state index in [1.165, 1.54) is 0 Å². The Balaban J connectivity index is 3.36. The number of rotatable bonds is 5. The second-order valence-corrected chi connectivity index (χ2v) is 2.63. The third kappa shape index (κ3) is 5.89. The molecule has 0 saturated heterocycles. The highest BCUT2D eigenvalue weighted by molar-refractivity contribution is 5.69. The van der Waals surface area contributed by atoms with Gasteiger partial charge in [-0.15, -0.1) is 0 Å². The van der Waals surface area contributed by atoms with E-state index in [1.807, 2.05) is 20.3 Å². The number of carbonyl (C=O) groups excluding carboxylic acids is 1. The van der Waals surface area contributed by atoms with Crippen molar-refractivity contribution in [1.29, 1.82) is 0 Å². The van der Waals surface area contributed by atoms with Crippen molar-refractivity contribution in [2.75, 3.05) is 0 Å². The number of ether oxygens (including phenoxy) is 1. The van der Waals surface area contributed by atoms with Gasteiger partial charge in [-0.1, -0.05) is 20.3 Å². The molecule has 0 fully saturated rings. The van der Waals surface area contributed by atoms with Crippen LogP contribution < -0.4 is 0 Å². The first-order valence-corrected chi connectivity index (χ1v) is 4.19. The molecule has 0 unspecified atom stereocenters. The lowest BCUT2D eigenvalue weighted by Crippen LogP contribution is -2.13. The van der Waals surface area contributed by atoms with Crippen molar-refractivity contribution in [3.05, 3.63) is 6.42 Å². The van der Waals surface area contributed by atoms with Gasteiger partial charge in [0.2, 0.25) is 0 Å². The van der Waals surface area contributed by atoms with E-state index < -0.39 is 0 Å². The van der Waals surface area contributed by atoms with Crippen molar-refractivity contribution in [1.82, 2.24) is 0 Å². The third-order valence-corrected chi connectivity index (χ3v) is 1.52. The fourth-order valence-corrected chi connectivity index (χ4v) is 0.655. The highest BCUT2D eigenvalue weighted by Gasteiger charge is 2.05. The first-order chi connectivity index (χ1) is 5.20. The molecule has 0 rings (SSSR count). The van der Waals surface area contributed by atoms with E-state index in [4.69, 9.17) is 4.74 Å². The van der Waals surface area contributed by atoms with E-state index in [2.05, 4.69) is 6.92 Å². The van der Waals surface area contributed by atoms with Crippen molar-refractivity contribution < 1.29 is 9.53 Å². The Morgan fingerprint density at radius 2 is 2.27 bits per heavy atom. The number of unbranched alkanes of at least 4 members (excludes halogenated alkanes) is 1. The summed E-state index contributed by atoms with van der Waals surface area (Å²) >= 11 is 0. The first kappa shape index (κ1) is 10.5. The molecule has 0 aliphatic rings. The number of carbonyl (C=O) groups is 1. The SMILES string of the molecule is C[CH][C@H](C)OC(=O)CCCC. The maximum atomic E-state index is 10.9. The number of esters is 1. The minimum absolute atomic E-state index is 0.0423. The summed E-state index contributed by atoms with van der Waals surface area (Å²) in [7, 11) is 0. The monoisotopic (exact) mass is 157 g/mol. The summed E-state index contributed by atoms with van der Waals surface area (Å²) in [6, 6.07) is 0. The van der Waals surface area contributed by atoms with Gasteiger partial charge in [-0.05, 0) is 19.8 Å². The zero-order chi connectivity index (χ0) is 8.69. The molecular formula is C9H17O2. The van der Waals surface area contributed by atoms with E-state index in [-0.39, 0.29) is 12.1 Å². The normalized spacial score (nSPS) is 12.6. The van der Waals surface area contributed by atoms with Crippen LogP contribution in [0.3, 0.4) is 0 Å². The Kier molecular flexibility index (Phi) is 5.90. The van der Waals surface area contributed by atoms with E-state index in [1.54, 1.807) is 0 Å². The van der Waals surface area contributed by atoms with Crippen molar-refractivity contribution in [3.63, 3.8) is 0 Å². The summed E-state index contributed by atoms with van der Waals surface area (Å²) in [6.45, 7) is 5.81. The summed E-state index contributed by atoms with van der Waals surface area (Å²) in [5.41, 5.74) is 0. The van der Waals surface area contributed by atoms with Crippen molar-refractivity contribution in [2.24, 2.45) is 0 Å². The van der Waals surface area contributed by atoms with Gasteiger partial charge < -0.3 is 4.74 Å². The predicted molar refractivity (Wildman–Crippen MR) is 45.1 cm³/mol. The van der Waals surface area contributed by atoms with Crippen LogP contribution in [0.2, 0.25) is 0 Å². The van der Waals surface area contributed by atoms with Gasteiger partial charge in [0, 0.05) is 6.42 Å². The summed E-state index contributed by atoms with van der Waals surface area (Å²) < 4.78 is 5.01. The molecule has 0 aliphatic heterocycles. The van der Waals surface area contributed by atoms with Gasteiger partial charge in [0.1, 0.15) is 6.10 Å². The Morgan fingerprint density at radius 3 is 2.73 bits per heavy atom. The largest absolute Gasteiger partial charge is 0.462 e. The quantitative estimate of drug-likeness (QED) is 0.572. The molecule has 2 heteroatoms. The molecule has 0 N–H and O–H groups in total. The summed E-state index contributed by atoms with van der Waals surface area (Å²) in [4.78, 5) is 10.9. The molecule has 2 nitrogen and oxygen atoms in total. The molecule has 0 aliphatic carbocycles. The number of hydrogen-bond donors (Lipinski definition) is 0. The fourth-order valence-electron chi connectivity index (χ4n) is 0.655. The Morgan fingerprint density at radius 1 is 1.64 bits per heavy atom. The second kappa shape index (κ2) is 6.20. The summed E-state index contributed by atoms with van der Waals surface area (Å²) in [5.74, 6) is -0.0857. The van der Waals surface area contributed by atoms with Crippen LogP contribution in [-0.4, -0.2) is 12.1 Å². The fraction of sp³-hybridized carbons (Fsp3) is 0.778. The Bertz CT molecular complexity index is 110. The first-order valence-electron chi connectivity index (χ1n) is 4.19. The van der Waals surface area contributed by atoms with Gasteiger partial charge >= 0.3 is 5.97 Å². The van der Waals surface area contributed by atoms with E-state index >= 15 is 0 Å². The zero-order valence-electron chi connectivity index (χ0n) is 7.59. The molecule has 65 valence electrons. The molecule has 11 heavy (non-hydrogen) atoms. The molecule has 0 saturated carbocycles. The molecule has 0 amide bonds. The van der Waals surface area contributed by atoms with Crippen molar-refractivity contribution >= 4 is 5.97 Å². The van der Waals surface area contributed by atoms with Crippen LogP contribution in [-0.2, 0) is 9.53 Å². The van der Waals surface area contributed by atoms with Gasteiger partial charge in [0.25, 0.3) is 0 Å². The smallest absolute Gasteiger partial charge is 0.306 e. The summed E-state index contributed by atoms with van der Waals surface area (Å²) in [5, 5.41) is 0. The van der Waals surface area contributed by atoms with Crippen LogP contribution in [0.5, 0.6) is 0 Å². The van der Waals surface area contributed by atoms with Crippen LogP contribution >= 0.6 is 0 Å². The zero-order valence-corrected chi connectivity index (χ0v) is 7.59. The molecule has 0 aromatic carbocycles. The highest BCUT2D eigenvalue weighted by atomic mass is 16.5. The average molecular weight is 157 g/mol. The topological polar surface area (TPSA) is 26.3 Å². The Labute approximate surface area is 68.9 Å². The van der Waals surface area contributed by atoms with E-state index in [9.17, 15) is 4.79 Å². The average Bonchev–Trinajstić information content (AvgIpc) is 2.00. The van der Waals surface area contributed by atoms with Gasteiger partial charge in [0.15, 0.2) is 0 Å². The standard InChI is InChI=1S/C9H17O2/c1-4-6-7-9(10)11-8(3)5-2/h5,8H,4,6-7H2,1-3H3/t8-/m0/s1. The van der Waals surface area contributed by atoms with Gasteiger partial charge in [-0.2, -0.15) is 0 Å². The van der Waals surface area contributed by atoms with Crippen LogP contribution in [0.25, 0.3) is 0 Å².